The standard InChI is InChI=1S/C16H19NO4/c1-19-16-10-12(11-18)2-7-15(16)21-9-8-20-14-5-3-13(17)4-6-14/h2-7,10,18H,8-9,11,17H2,1H3. The molecule has 0 bridgehead atoms. The van der Waals surface area contributed by atoms with Crippen LogP contribution in [-0.2, 0) is 6.61 Å². The largest absolute Gasteiger partial charge is 0.493 e. The molecule has 0 aliphatic rings. The summed E-state index contributed by atoms with van der Waals surface area (Å²) in [4.78, 5) is 0. The number of nitrogens with two attached hydrogens (primary N) is 1. The fraction of sp³-hybridized carbons (Fsp3) is 0.250. The van der Waals surface area contributed by atoms with Gasteiger partial charge in [0.15, 0.2) is 11.5 Å². The minimum Gasteiger partial charge on any atom is -0.493 e. The molecular weight excluding hydrogens is 270 g/mol. The summed E-state index contributed by atoms with van der Waals surface area (Å²) in [6.45, 7) is 0.769. The van der Waals surface area contributed by atoms with E-state index in [4.69, 9.17) is 25.1 Å². The van der Waals surface area contributed by atoms with Crippen LogP contribution in [0.3, 0.4) is 0 Å². The molecule has 2 aromatic carbocycles. The number of rotatable bonds is 7. The van der Waals surface area contributed by atoms with Crippen LogP contribution in [0, 0.1) is 0 Å². The van der Waals surface area contributed by atoms with Crippen molar-refractivity contribution < 1.29 is 19.3 Å². The first-order valence-electron chi connectivity index (χ1n) is 6.62. The first-order chi connectivity index (χ1) is 10.2. The number of benzene rings is 2. The molecule has 0 fully saturated rings. The van der Waals surface area contributed by atoms with Crippen LogP contribution < -0.4 is 19.9 Å². The zero-order valence-corrected chi connectivity index (χ0v) is 11.9. The Morgan fingerprint density at radius 1 is 0.952 bits per heavy atom. The molecule has 0 aliphatic carbocycles. The summed E-state index contributed by atoms with van der Waals surface area (Å²) in [5, 5.41) is 9.08. The van der Waals surface area contributed by atoms with Crippen LogP contribution in [0.2, 0.25) is 0 Å². The average molecular weight is 289 g/mol. The second-order valence-electron chi connectivity index (χ2n) is 4.41. The van der Waals surface area contributed by atoms with Crippen molar-refractivity contribution in [3.05, 3.63) is 48.0 Å². The normalized spacial score (nSPS) is 10.2. The number of hydrogen-bond acceptors (Lipinski definition) is 5. The SMILES string of the molecule is COc1cc(CO)ccc1OCCOc1ccc(N)cc1. The number of hydrogen-bond donors (Lipinski definition) is 2. The molecule has 0 heterocycles. The summed E-state index contributed by atoms with van der Waals surface area (Å²) in [6, 6.07) is 12.5. The predicted octanol–water partition coefficient (Wildman–Crippen LogP) is 2.23. The minimum atomic E-state index is -0.0309. The second-order valence-corrected chi connectivity index (χ2v) is 4.41. The highest BCUT2D eigenvalue weighted by molar-refractivity contribution is 5.43. The molecule has 3 N–H and O–H groups in total. The van der Waals surface area contributed by atoms with Gasteiger partial charge < -0.3 is 25.1 Å². The van der Waals surface area contributed by atoms with Crippen LogP contribution in [0.15, 0.2) is 42.5 Å². The number of methoxy groups -OCH3 is 1. The first kappa shape index (κ1) is 15.0. The third kappa shape index (κ3) is 4.29. The maximum absolute atomic E-state index is 9.08. The molecule has 0 aromatic heterocycles. The Kier molecular flexibility index (Phi) is 5.29. The Labute approximate surface area is 123 Å². The lowest BCUT2D eigenvalue weighted by Gasteiger charge is -2.12. The van der Waals surface area contributed by atoms with E-state index < -0.39 is 0 Å². The predicted molar refractivity (Wildman–Crippen MR) is 80.8 cm³/mol. The van der Waals surface area contributed by atoms with Gasteiger partial charge in [-0.15, -0.1) is 0 Å². The van der Waals surface area contributed by atoms with Crippen molar-refractivity contribution in [3.63, 3.8) is 0 Å². The van der Waals surface area contributed by atoms with Crippen molar-refractivity contribution in [1.82, 2.24) is 0 Å². The fourth-order valence-corrected chi connectivity index (χ4v) is 1.80. The van der Waals surface area contributed by atoms with Gasteiger partial charge in [-0.3, -0.25) is 0 Å². The number of aliphatic hydroxyl groups excluding tert-OH is 1. The third-order valence-electron chi connectivity index (χ3n) is 2.90. The lowest BCUT2D eigenvalue weighted by atomic mass is 10.2. The van der Waals surface area contributed by atoms with E-state index >= 15 is 0 Å². The monoisotopic (exact) mass is 289 g/mol. The molecule has 112 valence electrons. The van der Waals surface area contributed by atoms with Gasteiger partial charge in [-0.05, 0) is 42.0 Å². The van der Waals surface area contributed by atoms with E-state index in [2.05, 4.69) is 0 Å². The number of anilines is 1. The zero-order valence-electron chi connectivity index (χ0n) is 11.9. The maximum Gasteiger partial charge on any atom is 0.161 e. The molecular formula is C16H19NO4. The summed E-state index contributed by atoms with van der Waals surface area (Å²) in [6.07, 6.45) is 0. The van der Waals surface area contributed by atoms with Gasteiger partial charge in [0.2, 0.25) is 0 Å². The van der Waals surface area contributed by atoms with E-state index in [1.165, 1.54) is 0 Å². The zero-order chi connectivity index (χ0) is 15.1. The molecule has 0 atom stereocenters. The Bertz CT molecular complexity index is 569. The molecule has 5 nitrogen and oxygen atoms in total. The molecule has 0 unspecified atom stereocenters. The van der Waals surface area contributed by atoms with Crippen molar-refractivity contribution in [1.29, 1.82) is 0 Å². The Balaban J connectivity index is 1.84. The van der Waals surface area contributed by atoms with Crippen LogP contribution >= 0.6 is 0 Å². The van der Waals surface area contributed by atoms with E-state index in [0.717, 1.165) is 11.3 Å². The van der Waals surface area contributed by atoms with Crippen LogP contribution in [0.4, 0.5) is 5.69 Å². The maximum atomic E-state index is 9.08. The van der Waals surface area contributed by atoms with Gasteiger partial charge in [0.05, 0.1) is 13.7 Å². The van der Waals surface area contributed by atoms with E-state index in [-0.39, 0.29) is 6.61 Å². The topological polar surface area (TPSA) is 73.9 Å². The quantitative estimate of drug-likeness (QED) is 0.604. The fourth-order valence-electron chi connectivity index (χ4n) is 1.80. The number of aliphatic hydroxyl groups is 1. The molecule has 0 saturated carbocycles. The van der Waals surface area contributed by atoms with Crippen molar-refractivity contribution in [2.45, 2.75) is 6.61 Å². The lowest BCUT2D eigenvalue weighted by Crippen LogP contribution is -2.09. The molecule has 0 saturated heterocycles. The number of ether oxygens (including phenoxy) is 3. The molecule has 2 aromatic rings. The minimum absolute atomic E-state index is 0.0309. The van der Waals surface area contributed by atoms with Gasteiger partial charge in [0, 0.05) is 5.69 Å². The molecule has 21 heavy (non-hydrogen) atoms. The Morgan fingerprint density at radius 2 is 1.67 bits per heavy atom. The molecule has 2 rings (SSSR count). The third-order valence-corrected chi connectivity index (χ3v) is 2.90. The molecule has 0 radical (unpaired) electrons. The van der Waals surface area contributed by atoms with Gasteiger partial charge in [0.25, 0.3) is 0 Å². The van der Waals surface area contributed by atoms with Gasteiger partial charge in [-0.25, -0.2) is 0 Å². The van der Waals surface area contributed by atoms with Crippen molar-refractivity contribution >= 4 is 5.69 Å². The summed E-state index contributed by atoms with van der Waals surface area (Å²) < 4.78 is 16.4. The van der Waals surface area contributed by atoms with Crippen LogP contribution in [0.25, 0.3) is 0 Å². The van der Waals surface area contributed by atoms with Crippen molar-refractivity contribution in [2.75, 3.05) is 26.1 Å². The van der Waals surface area contributed by atoms with E-state index in [0.29, 0.717) is 30.4 Å². The van der Waals surface area contributed by atoms with Crippen molar-refractivity contribution in [2.24, 2.45) is 0 Å². The molecule has 5 heteroatoms. The Morgan fingerprint density at radius 3 is 2.33 bits per heavy atom. The smallest absolute Gasteiger partial charge is 0.161 e. The van der Waals surface area contributed by atoms with Gasteiger partial charge in [0.1, 0.15) is 19.0 Å². The Hall–Kier alpha value is -2.40. The van der Waals surface area contributed by atoms with Crippen molar-refractivity contribution in [3.8, 4) is 17.2 Å². The summed E-state index contributed by atoms with van der Waals surface area (Å²) in [5.41, 5.74) is 7.08. The summed E-state index contributed by atoms with van der Waals surface area (Å²) in [7, 11) is 1.56. The highest BCUT2D eigenvalue weighted by atomic mass is 16.5. The average Bonchev–Trinajstić information content (AvgIpc) is 2.53. The first-order valence-corrected chi connectivity index (χ1v) is 6.62. The summed E-state index contributed by atoms with van der Waals surface area (Å²) >= 11 is 0. The summed E-state index contributed by atoms with van der Waals surface area (Å²) in [5.74, 6) is 1.96. The van der Waals surface area contributed by atoms with Crippen LogP contribution in [0.5, 0.6) is 17.2 Å². The highest BCUT2D eigenvalue weighted by Gasteiger charge is 2.05. The second kappa shape index (κ2) is 7.40. The highest BCUT2D eigenvalue weighted by Crippen LogP contribution is 2.28. The molecule has 0 spiro atoms. The van der Waals surface area contributed by atoms with Gasteiger partial charge >= 0.3 is 0 Å². The van der Waals surface area contributed by atoms with Crippen LogP contribution in [-0.4, -0.2) is 25.4 Å². The molecule has 0 aliphatic heterocycles. The van der Waals surface area contributed by atoms with Gasteiger partial charge in [-0.2, -0.15) is 0 Å². The van der Waals surface area contributed by atoms with Crippen LogP contribution in [0.1, 0.15) is 5.56 Å². The molecule has 0 amide bonds. The number of nitrogen functional groups attached to an aromatic ring is 1. The van der Waals surface area contributed by atoms with E-state index in [1.54, 1.807) is 37.4 Å². The van der Waals surface area contributed by atoms with E-state index in [1.807, 2.05) is 12.1 Å². The van der Waals surface area contributed by atoms with E-state index in [9.17, 15) is 0 Å². The lowest BCUT2D eigenvalue weighted by molar-refractivity contribution is 0.211. The van der Waals surface area contributed by atoms with Gasteiger partial charge in [-0.1, -0.05) is 6.07 Å².